The van der Waals surface area contributed by atoms with Gasteiger partial charge in [0.25, 0.3) is 5.91 Å². The van der Waals surface area contributed by atoms with Gasteiger partial charge in [0.2, 0.25) is 10.0 Å². The number of rotatable bonds is 6. The van der Waals surface area contributed by atoms with E-state index in [1.165, 1.54) is 4.31 Å². The van der Waals surface area contributed by atoms with Crippen LogP contribution in [-0.2, 0) is 14.8 Å². The molecule has 0 saturated carbocycles. The highest BCUT2D eigenvalue weighted by atomic mass is 32.2. The summed E-state index contributed by atoms with van der Waals surface area (Å²) in [6.45, 7) is 1.59. The number of nitrogens with zero attached hydrogens (tertiary/aromatic N) is 1. The van der Waals surface area contributed by atoms with E-state index in [-0.39, 0.29) is 11.7 Å². The van der Waals surface area contributed by atoms with Crippen LogP contribution in [0.4, 0.5) is 5.69 Å². The van der Waals surface area contributed by atoms with Gasteiger partial charge in [-0.1, -0.05) is 6.07 Å². The molecule has 1 aliphatic rings. The van der Waals surface area contributed by atoms with Gasteiger partial charge >= 0.3 is 0 Å². The maximum absolute atomic E-state index is 12.1. The van der Waals surface area contributed by atoms with Gasteiger partial charge in [0.15, 0.2) is 0 Å². The number of ether oxygens (including phenoxy) is 1. The summed E-state index contributed by atoms with van der Waals surface area (Å²) in [6.07, 6.45) is 2.27. The number of nitrogens with one attached hydrogen (secondary N) is 1. The molecule has 1 fully saturated rings. The lowest BCUT2D eigenvalue weighted by atomic mass is 10.2. The predicted molar refractivity (Wildman–Crippen MR) is 85.6 cm³/mol. The Morgan fingerprint density at radius 1 is 1.36 bits per heavy atom. The average Bonchev–Trinajstić information content (AvgIpc) is 2.51. The number of methoxy groups -OCH3 is 1. The van der Waals surface area contributed by atoms with E-state index in [1.54, 1.807) is 31.4 Å². The highest BCUT2D eigenvalue weighted by molar-refractivity contribution is 7.92. The zero-order valence-corrected chi connectivity index (χ0v) is 13.6. The molecule has 1 aromatic carbocycles. The first-order valence-electron chi connectivity index (χ1n) is 7.42. The Hall–Kier alpha value is -1.60. The van der Waals surface area contributed by atoms with Crippen LogP contribution >= 0.6 is 0 Å². The fourth-order valence-electron chi connectivity index (χ4n) is 2.40. The Morgan fingerprint density at radius 3 is 2.91 bits per heavy atom. The average molecular weight is 326 g/mol. The molecule has 0 unspecified atom stereocenters. The van der Waals surface area contributed by atoms with Gasteiger partial charge in [-0.25, -0.2) is 8.42 Å². The fraction of sp³-hybridized carbons (Fsp3) is 0.533. The predicted octanol–water partition coefficient (Wildman–Crippen LogP) is 1.38. The molecular formula is C15H22N2O4S. The molecule has 1 aliphatic heterocycles. The van der Waals surface area contributed by atoms with Crippen LogP contribution in [0.15, 0.2) is 24.3 Å². The molecule has 0 atom stereocenters. The second-order valence-corrected chi connectivity index (χ2v) is 7.26. The molecule has 22 heavy (non-hydrogen) atoms. The molecule has 0 aliphatic carbocycles. The summed E-state index contributed by atoms with van der Waals surface area (Å²) in [4.78, 5) is 12.1. The SMILES string of the molecule is COCCCNC(=O)c1cccc(N2CCCCS2(=O)=O)c1. The number of carbonyl (C=O) groups is 1. The van der Waals surface area contributed by atoms with Crippen molar-refractivity contribution in [3.63, 3.8) is 0 Å². The van der Waals surface area contributed by atoms with Crippen molar-refractivity contribution in [3.05, 3.63) is 29.8 Å². The summed E-state index contributed by atoms with van der Waals surface area (Å²) in [5.41, 5.74) is 1.03. The second kappa shape index (κ2) is 7.60. The zero-order chi connectivity index (χ0) is 16.0. The Bertz CT molecular complexity index is 616. The highest BCUT2D eigenvalue weighted by Crippen LogP contribution is 2.24. The number of carbonyl (C=O) groups excluding carboxylic acids is 1. The third kappa shape index (κ3) is 4.20. The number of anilines is 1. The van der Waals surface area contributed by atoms with Gasteiger partial charge in [-0.2, -0.15) is 0 Å². The van der Waals surface area contributed by atoms with E-state index < -0.39 is 10.0 Å². The van der Waals surface area contributed by atoms with Gasteiger partial charge in [0.1, 0.15) is 0 Å². The lowest BCUT2D eigenvalue weighted by molar-refractivity contribution is 0.0948. The molecule has 0 spiro atoms. The summed E-state index contributed by atoms with van der Waals surface area (Å²) >= 11 is 0. The minimum absolute atomic E-state index is 0.167. The van der Waals surface area contributed by atoms with Crippen molar-refractivity contribution < 1.29 is 17.9 Å². The molecule has 1 saturated heterocycles. The van der Waals surface area contributed by atoms with Gasteiger partial charge < -0.3 is 10.1 Å². The molecule has 1 amide bonds. The topological polar surface area (TPSA) is 75.7 Å². The molecule has 7 heteroatoms. The first-order chi connectivity index (χ1) is 10.5. The summed E-state index contributed by atoms with van der Waals surface area (Å²) < 4.78 is 30.6. The van der Waals surface area contributed by atoms with Crippen molar-refractivity contribution in [2.24, 2.45) is 0 Å². The van der Waals surface area contributed by atoms with Crippen LogP contribution in [0.2, 0.25) is 0 Å². The number of hydrogen-bond donors (Lipinski definition) is 1. The summed E-state index contributed by atoms with van der Waals surface area (Å²) in [7, 11) is -1.64. The standard InChI is InChI=1S/C15H22N2O4S/c1-21-10-5-8-16-15(18)13-6-4-7-14(12-13)17-9-2-3-11-22(17,19)20/h4,6-7,12H,2-3,5,8-11H2,1H3,(H,16,18). The summed E-state index contributed by atoms with van der Waals surface area (Å²) in [5.74, 6) is -0.0344. The van der Waals surface area contributed by atoms with Crippen molar-refractivity contribution in [1.82, 2.24) is 5.32 Å². The second-order valence-electron chi connectivity index (χ2n) is 5.25. The quantitative estimate of drug-likeness (QED) is 0.802. The van der Waals surface area contributed by atoms with Crippen molar-refractivity contribution >= 4 is 21.6 Å². The number of benzene rings is 1. The maximum Gasteiger partial charge on any atom is 0.251 e. The van der Waals surface area contributed by atoms with Gasteiger partial charge in [-0.15, -0.1) is 0 Å². The third-order valence-electron chi connectivity index (χ3n) is 3.56. The zero-order valence-electron chi connectivity index (χ0n) is 12.7. The molecular weight excluding hydrogens is 304 g/mol. The largest absolute Gasteiger partial charge is 0.385 e. The van der Waals surface area contributed by atoms with Crippen LogP contribution in [0.1, 0.15) is 29.6 Å². The minimum Gasteiger partial charge on any atom is -0.385 e. The molecule has 0 radical (unpaired) electrons. The Kier molecular flexibility index (Phi) is 5.79. The summed E-state index contributed by atoms with van der Waals surface area (Å²) in [6, 6.07) is 6.76. The number of hydrogen-bond acceptors (Lipinski definition) is 4. The van der Waals surface area contributed by atoms with Crippen LogP contribution in [0.5, 0.6) is 0 Å². The minimum atomic E-state index is -3.26. The van der Waals surface area contributed by atoms with E-state index in [1.807, 2.05) is 0 Å². The van der Waals surface area contributed by atoms with Crippen LogP contribution < -0.4 is 9.62 Å². The Morgan fingerprint density at radius 2 is 2.18 bits per heavy atom. The smallest absolute Gasteiger partial charge is 0.251 e. The number of amides is 1. The first-order valence-corrected chi connectivity index (χ1v) is 9.03. The molecule has 1 N–H and O–H groups in total. The highest BCUT2D eigenvalue weighted by Gasteiger charge is 2.26. The van der Waals surface area contributed by atoms with E-state index in [0.717, 1.165) is 12.8 Å². The van der Waals surface area contributed by atoms with Crippen LogP contribution in [-0.4, -0.2) is 46.9 Å². The van der Waals surface area contributed by atoms with Crippen molar-refractivity contribution in [1.29, 1.82) is 0 Å². The van der Waals surface area contributed by atoms with E-state index in [9.17, 15) is 13.2 Å². The van der Waals surface area contributed by atoms with Crippen molar-refractivity contribution in [3.8, 4) is 0 Å². The molecule has 0 aromatic heterocycles. The molecule has 6 nitrogen and oxygen atoms in total. The van der Waals surface area contributed by atoms with Gasteiger partial charge in [0, 0.05) is 32.4 Å². The molecule has 2 rings (SSSR count). The van der Waals surface area contributed by atoms with E-state index in [2.05, 4.69) is 5.32 Å². The van der Waals surface area contributed by atoms with E-state index in [4.69, 9.17) is 4.74 Å². The van der Waals surface area contributed by atoms with Crippen molar-refractivity contribution in [2.75, 3.05) is 36.9 Å². The van der Waals surface area contributed by atoms with Gasteiger partial charge in [-0.3, -0.25) is 9.10 Å². The van der Waals surface area contributed by atoms with E-state index in [0.29, 0.717) is 37.4 Å². The monoisotopic (exact) mass is 326 g/mol. The number of sulfonamides is 1. The first kappa shape index (κ1) is 16.8. The summed E-state index contributed by atoms with van der Waals surface area (Å²) in [5, 5.41) is 2.80. The van der Waals surface area contributed by atoms with Crippen LogP contribution in [0.3, 0.4) is 0 Å². The van der Waals surface area contributed by atoms with Gasteiger partial charge in [0.05, 0.1) is 11.4 Å². The molecule has 122 valence electrons. The molecule has 1 aromatic rings. The third-order valence-corrected chi connectivity index (χ3v) is 5.43. The van der Waals surface area contributed by atoms with Crippen LogP contribution in [0, 0.1) is 0 Å². The normalized spacial score (nSPS) is 17.2. The maximum atomic E-state index is 12.1. The van der Waals surface area contributed by atoms with E-state index >= 15 is 0 Å². The lowest BCUT2D eigenvalue weighted by Crippen LogP contribution is -2.38. The van der Waals surface area contributed by atoms with Crippen LogP contribution in [0.25, 0.3) is 0 Å². The Balaban J connectivity index is 2.08. The van der Waals surface area contributed by atoms with Crippen molar-refractivity contribution in [2.45, 2.75) is 19.3 Å². The molecule has 0 bridgehead atoms. The Labute approximate surface area is 131 Å². The molecule has 1 heterocycles. The lowest BCUT2D eigenvalue weighted by Gasteiger charge is -2.28. The fourth-order valence-corrected chi connectivity index (χ4v) is 4.03. The van der Waals surface area contributed by atoms with Gasteiger partial charge in [-0.05, 0) is 37.5 Å².